The maximum atomic E-state index is 8.61. The predicted octanol–water partition coefficient (Wildman–Crippen LogP) is 1.71. The number of benzene rings is 1. The van der Waals surface area contributed by atoms with Crippen LogP contribution >= 0.6 is 0 Å². The number of rotatable bonds is 4. The Hall–Kier alpha value is -1.53. The summed E-state index contributed by atoms with van der Waals surface area (Å²) in [5.74, 6) is 0. The highest BCUT2D eigenvalue weighted by molar-refractivity contribution is 5.47. The quantitative estimate of drug-likeness (QED) is 0.758. The summed E-state index contributed by atoms with van der Waals surface area (Å²) in [6, 6.07) is 9.79. The summed E-state index contributed by atoms with van der Waals surface area (Å²) in [6.07, 6.45) is 0.997. The van der Waals surface area contributed by atoms with Gasteiger partial charge in [0.25, 0.3) is 0 Å². The monoisotopic (exact) mass is 189 g/mol. The molecule has 0 spiro atoms. The predicted molar refractivity (Wildman–Crippen MR) is 57.9 cm³/mol. The molecule has 1 aromatic carbocycles. The summed E-state index contributed by atoms with van der Waals surface area (Å²) in [5.41, 5.74) is 7.26. The number of nitriles is 1. The molecule has 3 heteroatoms. The van der Waals surface area contributed by atoms with Crippen LogP contribution in [0.15, 0.2) is 24.3 Å². The molecule has 0 aliphatic rings. The van der Waals surface area contributed by atoms with Gasteiger partial charge in [-0.15, -0.1) is 0 Å². The van der Waals surface area contributed by atoms with Crippen molar-refractivity contribution in [1.29, 1.82) is 5.26 Å². The first-order chi connectivity index (χ1) is 6.80. The van der Waals surface area contributed by atoms with Gasteiger partial charge in [0.2, 0.25) is 0 Å². The van der Waals surface area contributed by atoms with Gasteiger partial charge in [0.1, 0.15) is 0 Å². The molecular formula is C11H15N3. The molecule has 0 aromatic heterocycles. The van der Waals surface area contributed by atoms with Crippen molar-refractivity contribution in [2.45, 2.75) is 19.4 Å². The molecule has 1 atom stereocenters. The summed E-state index contributed by atoms with van der Waals surface area (Å²) in [7, 11) is 0. The molecule has 14 heavy (non-hydrogen) atoms. The van der Waals surface area contributed by atoms with Crippen LogP contribution in [-0.2, 0) is 0 Å². The van der Waals surface area contributed by atoms with E-state index in [1.165, 1.54) is 0 Å². The van der Waals surface area contributed by atoms with Gasteiger partial charge in [0, 0.05) is 18.3 Å². The Morgan fingerprint density at radius 3 is 2.50 bits per heavy atom. The Bertz CT molecular complexity index is 306. The molecule has 0 saturated carbocycles. The van der Waals surface area contributed by atoms with Crippen molar-refractivity contribution < 1.29 is 0 Å². The first-order valence-electron chi connectivity index (χ1n) is 4.77. The lowest BCUT2D eigenvalue weighted by molar-refractivity contribution is 0.704. The van der Waals surface area contributed by atoms with Crippen LogP contribution in [0.3, 0.4) is 0 Å². The number of hydrogen-bond donors (Lipinski definition) is 2. The van der Waals surface area contributed by atoms with Gasteiger partial charge in [-0.25, -0.2) is 0 Å². The van der Waals surface area contributed by atoms with Crippen molar-refractivity contribution in [3.05, 3.63) is 29.8 Å². The van der Waals surface area contributed by atoms with Crippen LogP contribution in [0, 0.1) is 11.3 Å². The summed E-state index contributed by atoms with van der Waals surface area (Å²) < 4.78 is 0. The molecule has 1 aromatic rings. The number of anilines is 1. The summed E-state index contributed by atoms with van der Waals surface area (Å²) in [4.78, 5) is 0. The fourth-order valence-electron chi connectivity index (χ4n) is 1.20. The molecule has 1 rings (SSSR count). The van der Waals surface area contributed by atoms with Crippen LogP contribution in [0.4, 0.5) is 5.69 Å². The second-order valence-corrected chi connectivity index (χ2v) is 3.17. The second kappa shape index (κ2) is 5.25. The van der Waals surface area contributed by atoms with E-state index in [4.69, 9.17) is 11.0 Å². The second-order valence-electron chi connectivity index (χ2n) is 3.17. The van der Waals surface area contributed by atoms with Crippen LogP contribution in [0.2, 0.25) is 0 Å². The Morgan fingerprint density at radius 2 is 2.07 bits per heavy atom. The van der Waals surface area contributed by atoms with E-state index in [9.17, 15) is 0 Å². The third kappa shape index (κ3) is 2.75. The Labute approximate surface area is 84.5 Å². The number of nitrogens with one attached hydrogen (secondary N) is 1. The highest BCUT2D eigenvalue weighted by Crippen LogP contribution is 2.10. The first-order valence-corrected chi connectivity index (χ1v) is 4.77. The van der Waals surface area contributed by atoms with Crippen molar-refractivity contribution in [3.63, 3.8) is 0 Å². The average molecular weight is 189 g/mol. The zero-order valence-electron chi connectivity index (χ0n) is 8.33. The number of hydrogen-bond acceptors (Lipinski definition) is 3. The van der Waals surface area contributed by atoms with E-state index in [-0.39, 0.29) is 0 Å². The van der Waals surface area contributed by atoms with Gasteiger partial charge in [0.05, 0.1) is 11.6 Å². The fourth-order valence-corrected chi connectivity index (χ4v) is 1.20. The van der Waals surface area contributed by atoms with Gasteiger partial charge < -0.3 is 11.1 Å². The third-order valence-corrected chi connectivity index (χ3v) is 2.16. The van der Waals surface area contributed by atoms with Crippen molar-refractivity contribution >= 4 is 5.69 Å². The number of nitrogens with zero attached hydrogens (tertiary/aromatic N) is 1. The molecule has 0 amide bonds. The smallest absolute Gasteiger partial charge is 0.0991 e. The Morgan fingerprint density at radius 1 is 1.43 bits per heavy atom. The standard InChI is InChI=1S/C11H15N3/c1-2-10(8-13)14-11-5-3-9(7-12)4-6-11/h3-6,10,14H,2,8,13H2,1H3. The molecule has 0 aliphatic heterocycles. The molecule has 0 fully saturated rings. The lowest BCUT2D eigenvalue weighted by Gasteiger charge is -2.15. The van der Waals surface area contributed by atoms with E-state index in [2.05, 4.69) is 18.3 Å². The topological polar surface area (TPSA) is 61.8 Å². The fraction of sp³-hybridized carbons (Fsp3) is 0.364. The van der Waals surface area contributed by atoms with E-state index < -0.39 is 0 Å². The van der Waals surface area contributed by atoms with Crippen molar-refractivity contribution in [1.82, 2.24) is 0 Å². The van der Waals surface area contributed by atoms with Crippen LogP contribution in [0.1, 0.15) is 18.9 Å². The lowest BCUT2D eigenvalue weighted by Crippen LogP contribution is -2.27. The van der Waals surface area contributed by atoms with Gasteiger partial charge >= 0.3 is 0 Å². The zero-order chi connectivity index (χ0) is 10.4. The molecule has 0 radical (unpaired) electrons. The summed E-state index contributed by atoms with van der Waals surface area (Å²) in [6.45, 7) is 2.71. The van der Waals surface area contributed by atoms with Crippen molar-refractivity contribution in [2.24, 2.45) is 5.73 Å². The Balaban J connectivity index is 2.64. The van der Waals surface area contributed by atoms with Gasteiger partial charge in [0.15, 0.2) is 0 Å². The van der Waals surface area contributed by atoms with Crippen molar-refractivity contribution in [2.75, 3.05) is 11.9 Å². The molecule has 0 heterocycles. The highest BCUT2D eigenvalue weighted by atomic mass is 14.9. The molecule has 3 N–H and O–H groups in total. The van der Waals surface area contributed by atoms with Crippen LogP contribution in [0.5, 0.6) is 0 Å². The number of nitrogens with two attached hydrogens (primary N) is 1. The normalized spacial score (nSPS) is 11.8. The molecule has 0 saturated heterocycles. The average Bonchev–Trinajstić information content (AvgIpc) is 2.26. The van der Waals surface area contributed by atoms with Gasteiger partial charge in [-0.2, -0.15) is 5.26 Å². The first kappa shape index (κ1) is 10.6. The van der Waals surface area contributed by atoms with Gasteiger partial charge in [-0.05, 0) is 30.7 Å². The minimum atomic E-state index is 0.308. The van der Waals surface area contributed by atoms with Crippen LogP contribution in [0.25, 0.3) is 0 Å². The zero-order valence-corrected chi connectivity index (χ0v) is 8.33. The lowest BCUT2D eigenvalue weighted by atomic mass is 10.2. The maximum Gasteiger partial charge on any atom is 0.0991 e. The van der Waals surface area contributed by atoms with Crippen molar-refractivity contribution in [3.8, 4) is 6.07 Å². The van der Waals surface area contributed by atoms with Crippen LogP contribution in [-0.4, -0.2) is 12.6 Å². The van der Waals surface area contributed by atoms with Crippen LogP contribution < -0.4 is 11.1 Å². The molecule has 1 unspecified atom stereocenters. The SMILES string of the molecule is CCC(CN)Nc1ccc(C#N)cc1. The molecule has 0 aliphatic carbocycles. The maximum absolute atomic E-state index is 8.61. The minimum absolute atomic E-state index is 0.308. The molecule has 74 valence electrons. The third-order valence-electron chi connectivity index (χ3n) is 2.16. The molecule has 3 nitrogen and oxygen atoms in total. The Kier molecular flexibility index (Phi) is 3.96. The van der Waals surface area contributed by atoms with E-state index >= 15 is 0 Å². The largest absolute Gasteiger partial charge is 0.381 e. The highest BCUT2D eigenvalue weighted by Gasteiger charge is 2.02. The molecule has 0 bridgehead atoms. The molecular weight excluding hydrogens is 174 g/mol. The summed E-state index contributed by atoms with van der Waals surface area (Å²) >= 11 is 0. The van der Waals surface area contributed by atoms with E-state index in [0.717, 1.165) is 12.1 Å². The van der Waals surface area contributed by atoms with E-state index in [1.807, 2.05) is 12.1 Å². The van der Waals surface area contributed by atoms with E-state index in [1.54, 1.807) is 12.1 Å². The van der Waals surface area contributed by atoms with E-state index in [0.29, 0.717) is 18.2 Å². The van der Waals surface area contributed by atoms with Gasteiger partial charge in [-0.1, -0.05) is 6.92 Å². The summed E-state index contributed by atoms with van der Waals surface area (Å²) in [5, 5.41) is 11.9. The minimum Gasteiger partial charge on any atom is -0.381 e. The van der Waals surface area contributed by atoms with Gasteiger partial charge in [-0.3, -0.25) is 0 Å².